The second-order valence-electron chi connectivity index (χ2n) is 14.5. The molecule has 0 amide bonds. The molecule has 0 bridgehead atoms. The standard InChI is InChI=1S/C45H44O6/c1-43(2,31-6-18-37(47)19-7-31)29-44(3,32-8-20-38(48)21-9-32)28-42(30-4-16-36(46)17-5-30)45(33-10-22-39(49)23-11-33,34-12-24-40(50)25-13-34)35-14-26-41(51)27-15-35/h4-27,42,46-51H,28-29H2,1-3H3. The Bertz CT molecular complexity index is 1940. The van der Waals surface area contributed by atoms with E-state index in [9.17, 15) is 30.6 Å². The van der Waals surface area contributed by atoms with Crippen molar-refractivity contribution in [1.29, 1.82) is 0 Å². The Kier molecular flexibility index (Phi) is 9.46. The molecule has 0 radical (unpaired) electrons. The maximum absolute atomic E-state index is 10.5. The highest BCUT2D eigenvalue weighted by atomic mass is 16.3. The van der Waals surface area contributed by atoms with Gasteiger partial charge in [0.2, 0.25) is 0 Å². The number of aromatic hydroxyl groups is 6. The van der Waals surface area contributed by atoms with Crippen LogP contribution in [0.3, 0.4) is 0 Å². The minimum absolute atomic E-state index is 0.120. The second kappa shape index (κ2) is 13.8. The van der Waals surface area contributed by atoms with Crippen molar-refractivity contribution in [2.45, 2.75) is 55.8 Å². The first-order chi connectivity index (χ1) is 24.3. The molecule has 0 heterocycles. The molecule has 0 aliphatic heterocycles. The minimum atomic E-state index is -0.965. The maximum Gasteiger partial charge on any atom is 0.115 e. The maximum atomic E-state index is 10.5. The molecule has 6 heteroatoms. The predicted molar refractivity (Wildman–Crippen MR) is 201 cm³/mol. The molecule has 260 valence electrons. The van der Waals surface area contributed by atoms with Gasteiger partial charge in [-0.1, -0.05) is 93.6 Å². The first-order valence-corrected chi connectivity index (χ1v) is 17.1. The normalized spacial score (nSPS) is 13.7. The van der Waals surface area contributed by atoms with Crippen molar-refractivity contribution in [3.63, 3.8) is 0 Å². The zero-order valence-corrected chi connectivity index (χ0v) is 29.0. The van der Waals surface area contributed by atoms with Gasteiger partial charge in [-0.2, -0.15) is 0 Å². The monoisotopic (exact) mass is 680 g/mol. The number of rotatable bonds is 11. The van der Waals surface area contributed by atoms with Crippen molar-refractivity contribution in [2.24, 2.45) is 0 Å². The summed E-state index contributed by atoms with van der Waals surface area (Å²) in [7, 11) is 0. The van der Waals surface area contributed by atoms with Gasteiger partial charge in [0.05, 0.1) is 5.41 Å². The number of phenolic OH excluding ortho intramolecular Hbond substituents is 6. The first kappa shape index (κ1) is 35.0. The summed E-state index contributed by atoms with van der Waals surface area (Å²) in [5, 5.41) is 62.5. The summed E-state index contributed by atoms with van der Waals surface area (Å²) in [4.78, 5) is 0. The smallest absolute Gasteiger partial charge is 0.115 e. The summed E-state index contributed by atoms with van der Waals surface area (Å²) in [5.41, 5.74) is 3.75. The van der Waals surface area contributed by atoms with Gasteiger partial charge in [0, 0.05) is 5.92 Å². The van der Waals surface area contributed by atoms with Gasteiger partial charge < -0.3 is 30.6 Å². The van der Waals surface area contributed by atoms with Crippen LogP contribution in [0.4, 0.5) is 0 Å². The number of phenols is 6. The van der Waals surface area contributed by atoms with E-state index in [4.69, 9.17) is 0 Å². The van der Waals surface area contributed by atoms with Crippen LogP contribution in [0, 0.1) is 0 Å². The van der Waals surface area contributed by atoms with Crippen molar-refractivity contribution < 1.29 is 30.6 Å². The Morgan fingerprint density at radius 2 is 0.647 bits per heavy atom. The van der Waals surface area contributed by atoms with Gasteiger partial charge in [-0.25, -0.2) is 0 Å². The lowest BCUT2D eigenvalue weighted by molar-refractivity contribution is 0.265. The molecule has 0 spiro atoms. The van der Waals surface area contributed by atoms with E-state index in [0.29, 0.717) is 12.8 Å². The molecule has 0 saturated carbocycles. The molecule has 6 aromatic rings. The lowest BCUT2D eigenvalue weighted by atomic mass is 9.54. The van der Waals surface area contributed by atoms with Gasteiger partial charge >= 0.3 is 0 Å². The second-order valence-corrected chi connectivity index (χ2v) is 14.5. The van der Waals surface area contributed by atoms with Crippen LogP contribution in [0.5, 0.6) is 34.5 Å². The van der Waals surface area contributed by atoms with E-state index >= 15 is 0 Å². The molecule has 6 N–H and O–H groups in total. The van der Waals surface area contributed by atoms with Crippen LogP contribution < -0.4 is 0 Å². The fraction of sp³-hybridized carbons (Fsp3) is 0.200. The zero-order chi connectivity index (χ0) is 36.4. The highest BCUT2D eigenvalue weighted by Gasteiger charge is 2.48. The van der Waals surface area contributed by atoms with Crippen LogP contribution in [-0.4, -0.2) is 30.6 Å². The quantitative estimate of drug-likeness (QED) is 0.0758. The van der Waals surface area contributed by atoms with Crippen molar-refractivity contribution in [1.82, 2.24) is 0 Å². The molecule has 6 nitrogen and oxygen atoms in total. The average molecular weight is 681 g/mol. The van der Waals surface area contributed by atoms with E-state index < -0.39 is 10.8 Å². The summed E-state index contributed by atoms with van der Waals surface area (Å²) in [5.74, 6) is 0.507. The average Bonchev–Trinajstić information content (AvgIpc) is 3.11. The molecule has 0 aromatic heterocycles. The van der Waals surface area contributed by atoms with E-state index in [2.05, 4.69) is 20.8 Å². The van der Waals surface area contributed by atoms with Crippen molar-refractivity contribution in [2.75, 3.05) is 0 Å². The number of hydrogen-bond acceptors (Lipinski definition) is 6. The molecule has 6 aromatic carbocycles. The molecular formula is C45H44O6. The molecule has 51 heavy (non-hydrogen) atoms. The van der Waals surface area contributed by atoms with Gasteiger partial charge in [-0.15, -0.1) is 0 Å². The van der Waals surface area contributed by atoms with E-state index in [-0.39, 0.29) is 45.8 Å². The number of benzene rings is 6. The van der Waals surface area contributed by atoms with Crippen molar-refractivity contribution in [3.8, 4) is 34.5 Å². The topological polar surface area (TPSA) is 121 Å². The van der Waals surface area contributed by atoms with E-state index in [0.717, 1.165) is 33.4 Å². The van der Waals surface area contributed by atoms with Crippen LogP contribution in [-0.2, 0) is 16.2 Å². The van der Waals surface area contributed by atoms with E-state index in [1.807, 2.05) is 72.8 Å². The molecule has 0 saturated heterocycles. The van der Waals surface area contributed by atoms with Crippen LogP contribution in [0.15, 0.2) is 146 Å². The fourth-order valence-electron chi connectivity index (χ4n) is 8.10. The molecule has 2 unspecified atom stereocenters. The molecule has 0 aliphatic rings. The Hall–Kier alpha value is -5.88. The first-order valence-electron chi connectivity index (χ1n) is 17.1. The number of hydrogen-bond donors (Lipinski definition) is 6. The van der Waals surface area contributed by atoms with Crippen LogP contribution >= 0.6 is 0 Å². The van der Waals surface area contributed by atoms with Gasteiger partial charge in [-0.3, -0.25) is 0 Å². The highest BCUT2D eigenvalue weighted by Crippen LogP contribution is 2.56. The van der Waals surface area contributed by atoms with Crippen LogP contribution in [0.1, 0.15) is 72.9 Å². The Morgan fingerprint density at radius 1 is 0.373 bits per heavy atom. The zero-order valence-electron chi connectivity index (χ0n) is 29.0. The van der Waals surface area contributed by atoms with E-state index in [1.54, 1.807) is 72.8 Å². The van der Waals surface area contributed by atoms with Gasteiger partial charge in [0.1, 0.15) is 34.5 Å². The van der Waals surface area contributed by atoms with Crippen LogP contribution in [0.25, 0.3) is 0 Å². The minimum Gasteiger partial charge on any atom is -0.508 e. The van der Waals surface area contributed by atoms with Gasteiger partial charge in [-0.05, 0) is 130 Å². The molecule has 0 fully saturated rings. The lowest BCUT2D eigenvalue weighted by Gasteiger charge is -2.48. The largest absolute Gasteiger partial charge is 0.508 e. The summed E-state index contributed by atoms with van der Waals surface area (Å²) in [6.45, 7) is 6.63. The Labute approximate surface area is 299 Å². The Morgan fingerprint density at radius 3 is 0.980 bits per heavy atom. The molecular weight excluding hydrogens is 636 g/mol. The summed E-state index contributed by atoms with van der Waals surface area (Å²) < 4.78 is 0. The third-order valence-electron chi connectivity index (χ3n) is 10.5. The van der Waals surface area contributed by atoms with Gasteiger partial charge in [0.25, 0.3) is 0 Å². The summed E-state index contributed by atoms with van der Waals surface area (Å²) >= 11 is 0. The van der Waals surface area contributed by atoms with E-state index in [1.165, 1.54) is 0 Å². The highest BCUT2D eigenvalue weighted by molar-refractivity contribution is 5.57. The fourth-order valence-corrected chi connectivity index (χ4v) is 8.10. The van der Waals surface area contributed by atoms with Crippen molar-refractivity contribution in [3.05, 3.63) is 179 Å². The predicted octanol–water partition coefficient (Wildman–Crippen LogP) is 9.75. The summed E-state index contributed by atoms with van der Waals surface area (Å²) in [6, 6.07) is 43.5. The van der Waals surface area contributed by atoms with Gasteiger partial charge in [0.15, 0.2) is 0 Å². The lowest BCUT2D eigenvalue weighted by Crippen LogP contribution is -2.42. The molecule has 2 atom stereocenters. The molecule has 6 rings (SSSR count). The SMILES string of the molecule is CC(C)(CC(C)(CC(c1ccc(O)cc1)C(c1ccc(O)cc1)(c1ccc(O)cc1)c1ccc(O)cc1)c1ccc(O)cc1)c1ccc(O)cc1. The van der Waals surface area contributed by atoms with Crippen LogP contribution in [0.2, 0.25) is 0 Å². The van der Waals surface area contributed by atoms with Crippen molar-refractivity contribution >= 4 is 0 Å². The third kappa shape index (κ3) is 7.08. The Balaban J connectivity index is 1.68. The summed E-state index contributed by atoms with van der Waals surface area (Å²) in [6.07, 6.45) is 1.22. The third-order valence-corrected chi connectivity index (χ3v) is 10.5. The molecule has 0 aliphatic carbocycles.